The summed E-state index contributed by atoms with van der Waals surface area (Å²) in [6.45, 7) is 0.0456. The van der Waals surface area contributed by atoms with E-state index in [9.17, 15) is 18.0 Å². The molecule has 0 atom stereocenters. The predicted molar refractivity (Wildman–Crippen MR) is 113 cm³/mol. The van der Waals surface area contributed by atoms with Crippen molar-refractivity contribution in [3.8, 4) is 0 Å². The highest BCUT2D eigenvalue weighted by Crippen LogP contribution is 2.27. The summed E-state index contributed by atoms with van der Waals surface area (Å²) < 4.78 is 27.6. The lowest BCUT2D eigenvalue weighted by Gasteiger charge is -2.18. The van der Waals surface area contributed by atoms with Crippen LogP contribution in [0.5, 0.6) is 0 Å². The molecule has 0 unspecified atom stereocenters. The van der Waals surface area contributed by atoms with Crippen molar-refractivity contribution in [1.29, 1.82) is 0 Å². The molecule has 0 radical (unpaired) electrons. The summed E-state index contributed by atoms with van der Waals surface area (Å²) in [5.74, 6) is -0.0999. The summed E-state index contributed by atoms with van der Waals surface area (Å²) in [6, 6.07) is 11.0. The molecule has 0 spiro atoms. The number of aromatic nitrogens is 2. The maximum atomic E-state index is 12.9. The second kappa shape index (κ2) is 7.82. The minimum Gasteiger partial charge on any atom is -0.334 e. The molecule has 1 aromatic heterocycles. The lowest BCUT2D eigenvalue weighted by atomic mass is 10.2. The van der Waals surface area contributed by atoms with Crippen molar-refractivity contribution in [1.82, 2.24) is 19.6 Å². The van der Waals surface area contributed by atoms with Gasteiger partial charge >= 0.3 is 0 Å². The molecule has 156 valence electrons. The van der Waals surface area contributed by atoms with E-state index in [-0.39, 0.29) is 33.6 Å². The number of nitrogens with one attached hydrogen (secondary N) is 2. The highest BCUT2D eigenvalue weighted by Gasteiger charge is 2.30. The van der Waals surface area contributed by atoms with Crippen LogP contribution in [-0.2, 0) is 16.6 Å². The van der Waals surface area contributed by atoms with E-state index in [4.69, 9.17) is 11.6 Å². The van der Waals surface area contributed by atoms with E-state index in [0.717, 1.165) is 12.8 Å². The number of sulfonamides is 1. The number of carbonyl (C=O) groups excluding carboxylic acids is 1. The Labute approximate surface area is 177 Å². The van der Waals surface area contributed by atoms with Gasteiger partial charge in [0.2, 0.25) is 10.0 Å². The molecule has 0 aliphatic heterocycles. The molecule has 0 saturated heterocycles. The first-order valence-corrected chi connectivity index (χ1v) is 11.2. The third kappa shape index (κ3) is 4.23. The van der Waals surface area contributed by atoms with Gasteiger partial charge in [-0.1, -0.05) is 23.7 Å². The molecular weight excluding hydrogens is 428 g/mol. The van der Waals surface area contributed by atoms with Crippen LogP contribution in [0.1, 0.15) is 29.0 Å². The zero-order valence-electron chi connectivity index (χ0n) is 16.1. The maximum Gasteiger partial charge on any atom is 0.258 e. The largest absolute Gasteiger partial charge is 0.334 e. The van der Waals surface area contributed by atoms with Crippen LogP contribution in [0.15, 0.2) is 52.2 Å². The molecule has 3 aromatic rings. The van der Waals surface area contributed by atoms with Gasteiger partial charge in [-0.3, -0.25) is 9.59 Å². The van der Waals surface area contributed by atoms with Crippen LogP contribution in [0.25, 0.3) is 10.9 Å². The first-order valence-electron chi connectivity index (χ1n) is 9.30. The highest BCUT2D eigenvalue weighted by molar-refractivity contribution is 7.89. The van der Waals surface area contributed by atoms with Crippen molar-refractivity contribution < 1.29 is 13.2 Å². The van der Waals surface area contributed by atoms with Gasteiger partial charge < -0.3 is 9.88 Å². The number of hydrogen-bond acceptors (Lipinski definition) is 5. The number of benzene rings is 2. The van der Waals surface area contributed by atoms with Gasteiger partial charge in [0.25, 0.3) is 11.5 Å². The van der Waals surface area contributed by atoms with Gasteiger partial charge in [-0.15, -0.1) is 0 Å². The highest BCUT2D eigenvalue weighted by atomic mass is 35.5. The Morgan fingerprint density at radius 3 is 2.73 bits per heavy atom. The Balaban J connectivity index is 1.58. The number of rotatable bonds is 6. The van der Waals surface area contributed by atoms with Crippen LogP contribution in [0, 0.1) is 0 Å². The molecule has 1 amide bonds. The summed E-state index contributed by atoms with van der Waals surface area (Å²) in [6.07, 6.45) is 1.57. The fourth-order valence-corrected chi connectivity index (χ4v) is 4.88. The second-order valence-electron chi connectivity index (χ2n) is 7.23. The first kappa shape index (κ1) is 20.5. The summed E-state index contributed by atoms with van der Waals surface area (Å²) in [5, 5.41) is 0.508. The Bertz CT molecular complexity index is 1300. The average Bonchev–Trinajstić information content (AvgIpc) is 3.51. The van der Waals surface area contributed by atoms with Crippen LogP contribution >= 0.6 is 11.6 Å². The average molecular weight is 447 g/mol. The van der Waals surface area contributed by atoms with Crippen molar-refractivity contribution in [3.63, 3.8) is 0 Å². The lowest BCUT2D eigenvalue weighted by Crippen LogP contribution is -2.29. The smallest absolute Gasteiger partial charge is 0.258 e. The fraction of sp³-hybridized carbons (Fsp3) is 0.250. The predicted octanol–water partition coefficient (Wildman–Crippen LogP) is 2.29. The van der Waals surface area contributed by atoms with Gasteiger partial charge in [-0.25, -0.2) is 18.1 Å². The van der Waals surface area contributed by atoms with Crippen LogP contribution in [0.4, 0.5) is 0 Å². The van der Waals surface area contributed by atoms with Crippen molar-refractivity contribution in [2.75, 3.05) is 7.05 Å². The fourth-order valence-electron chi connectivity index (χ4n) is 3.05. The summed E-state index contributed by atoms with van der Waals surface area (Å²) >= 11 is 6.08. The zero-order valence-corrected chi connectivity index (χ0v) is 17.6. The minimum atomic E-state index is -3.81. The van der Waals surface area contributed by atoms with E-state index in [2.05, 4.69) is 14.7 Å². The molecule has 8 nitrogen and oxygen atoms in total. The van der Waals surface area contributed by atoms with Gasteiger partial charge in [0.15, 0.2) is 0 Å². The SMILES string of the molecule is CN(Cc1nc2ccccc2c(=O)[nH]1)C(=O)c1ccc(Cl)c(S(=O)(=O)NC2CC2)c1. The lowest BCUT2D eigenvalue weighted by molar-refractivity contribution is 0.0781. The van der Waals surface area contributed by atoms with Crippen LogP contribution < -0.4 is 10.3 Å². The number of hydrogen-bond donors (Lipinski definition) is 2. The van der Waals surface area contributed by atoms with E-state index >= 15 is 0 Å². The number of halogens is 1. The molecule has 1 fully saturated rings. The number of aromatic amines is 1. The van der Waals surface area contributed by atoms with Crippen LogP contribution in [0.2, 0.25) is 5.02 Å². The minimum absolute atomic E-state index is 0.0443. The molecule has 1 saturated carbocycles. The number of nitrogens with zero attached hydrogens (tertiary/aromatic N) is 2. The standard InChI is InChI=1S/C20H19ClN4O4S/c1-25(11-18-22-16-5-3-2-4-14(16)19(26)23-18)20(27)12-6-9-15(21)17(10-12)30(28,29)24-13-7-8-13/h2-6,9-10,13,24H,7-8,11H2,1H3,(H,22,23,26). The number of H-pyrrole nitrogens is 1. The Morgan fingerprint density at radius 1 is 1.27 bits per heavy atom. The Kier molecular flexibility index (Phi) is 5.35. The van der Waals surface area contributed by atoms with Gasteiger partial charge in [0.05, 0.1) is 22.5 Å². The monoisotopic (exact) mass is 446 g/mol. The number of carbonyl (C=O) groups is 1. The molecule has 1 aliphatic rings. The molecule has 2 N–H and O–H groups in total. The quantitative estimate of drug-likeness (QED) is 0.603. The zero-order chi connectivity index (χ0) is 21.5. The molecule has 0 bridgehead atoms. The van der Waals surface area contributed by atoms with Crippen molar-refractivity contribution in [2.45, 2.75) is 30.3 Å². The number of para-hydroxylation sites is 1. The van der Waals surface area contributed by atoms with E-state index in [1.54, 1.807) is 31.3 Å². The maximum absolute atomic E-state index is 12.9. The van der Waals surface area contributed by atoms with E-state index in [0.29, 0.717) is 16.7 Å². The first-order chi connectivity index (χ1) is 14.2. The normalized spacial score (nSPS) is 14.1. The van der Waals surface area contributed by atoms with Gasteiger partial charge in [0, 0.05) is 18.7 Å². The molecule has 2 aromatic carbocycles. The molecule has 10 heteroatoms. The molecule has 30 heavy (non-hydrogen) atoms. The summed E-state index contributed by atoms with van der Waals surface area (Å²) in [5.41, 5.74) is 0.409. The molecular formula is C20H19ClN4O4S. The third-order valence-electron chi connectivity index (χ3n) is 4.76. The van der Waals surface area contributed by atoms with Gasteiger partial charge in [-0.05, 0) is 43.2 Å². The number of amides is 1. The Morgan fingerprint density at radius 2 is 2.00 bits per heavy atom. The summed E-state index contributed by atoms with van der Waals surface area (Å²) in [7, 11) is -2.27. The van der Waals surface area contributed by atoms with Crippen LogP contribution in [-0.4, -0.2) is 42.3 Å². The Hall–Kier alpha value is -2.75. The molecule has 1 heterocycles. The second-order valence-corrected chi connectivity index (χ2v) is 9.32. The van der Waals surface area contributed by atoms with Gasteiger partial charge in [-0.2, -0.15) is 0 Å². The summed E-state index contributed by atoms with van der Waals surface area (Å²) in [4.78, 5) is 33.4. The molecule has 1 aliphatic carbocycles. The van der Waals surface area contributed by atoms with Crippen molar-refractivity contribution in [2.24, 2.45) is 0 Å². The van der Waals surface area contributed by atoms with E-state index in [1.807, 2.05) is 0 Å². The molecule has 4 rings (SSSR count). The van der Waals surface area contributed by atoms with Crippen LogP contribution in [0.3, 0.4) is 0 Å². The van der Waals surface area contributed by atoms with Crippen molar-refractivity contribution in [3.05, 3.63) is 69.2 Å². The van der Waals surface area contributed by atoms with E-state index in [1.165, 1.54) is 23.1 Å². The van der Waals surface area contributed by atoms with Gasteiger partial charge in [0.1, 0.15) is 10.7 Å². The third-order valence-corrected chi connectivity index (χ3v) is 6.76. The topological polar surface area (TPSA) is 112 Å². The van der Waals surface area contributed by atoms with Crippen molar-refractivity contribution >= 4 is 38.4 Å². The number of fused-ring (bicyclic) bond motifs is 1. The van der Waals surface area contributed by atoms with E-state index < -0.39 is 15.9 Å².